The Morgan fingerprint density at radius 1 is 0.269 bits per heavy atom. The van der Waals surface area contributed by atoms with Crippen molar-refractivity contribution >= 4 is 65.7 Å². The van der Waals surface area contributed by atoms with Crippen LogP contribution in [0.15, 0.2) is 0 Å². The molecular weight excluding hydrogens is 912 g/mol. The van der Waals surface area contributed by atoms with E-state index in [9.17, 15) is 52.7 Å². The van der Waals surface area contributed by atoms with Crippen LogP contribution in [0.25, 0.3) is 0 Å². The summed E-state index contributed by atoms with van der Waals surface area (Å²) in [5, 5.41) is 0. The molecule has 0 spiro atoms. The normalized spacial score (nSPS) is 31.2. The Morgan fingerprint density at radius 2 is 0.478 bits per heavy atom. The molecule has 0 amide bonds. The van der Waals surface area contributed by atoms with Gasteiger partial charge in [-0.3, -0.25) is 52.7 Å². The Labute approximate surface area is 382 Å². The molecule has 27 heteroatoms. The molecule has 0 aromatic carbocycles. The molecule has 0 N–H and O–H groups in total. The van der Waals surface area contributed by atoms with Crippen molar-refractivity contribution in [3.8, 4) is 0 Å². The second kappa shape index (κ2) is 25.2. The summed E-state index contributed by atoms with van der Waals surface area (Å²) in [7, 11) is 0. The molecule has 0 saturated carbocycles. The van der Waals surface area contributed by atoms with E-state index in [1.165, 1.54) is 0 Å². The predicted octanol–water partition coefficient (Wildman–Crippen LogP) is -1.29. The fraction of sp³-hybridized carbons (Fsp3) is 0.725. The molecule has 0 radical (unpaired) electrons. The van der Waals surface area contributed by atoms with Crippen LogP contribution in [-0.4, -0.2) is 178 Å². The Hall–Kier alpha value is -6.03. The first kappa shape index (κ1) is 55.3. The Morgan fingerprint density at radius 3 is 0.731 bits per heavy atom. The molecule has 3 aliphatic heterocycles. The molecule has 3 rings (SSSR count). The number of rotatable bonds is 18. The summed E-state index contributed by atoms with van der Waals surface area (Å²) in [5.74, 6) is -10.7. The Kier molecular flexibility index (Phi) is 20.8. The van der Waals surface area contributed by atoms with Gasteiger partial charge in [0.05, 0.1) is 0 Å². The van der Waals surface area contributed by atoms with Crippen LogP contribution in [0.4, 0.5) is 0 Å². The molecule has 0 bridgehead atoms. The molecule has 15 atom stereocenters. The van der Waals surface area contributed by atoms with Gasteiger partial charge >= 0.3 is 65.7 Å². The van der Waals surface area contributed by atoms with Gasteiger partial charge in [0.25, 0.3) is 0 Å². The van der Waals surface area contributed by atoms with Gasteiger partial charge in [-0.15, -0.1) is 0 Å². The van der Waals surface area contributed by atoms with Crippen molar-refractivity contribution in [1.29, 1.82) is 0 Å². The van der Waals surface area contributed by atoms with Gasteiger partial charge in [0.1, 0.15) is 38.1 Å². The van der Waals surface area contributed by atoms with Gasteiger partial charge in [0, 0.05) is 76.2 Å². The maximum absolute atomic E-state index is 12.9. The lowest BCUT2D eigenvalue weighted by atomic mass is 9.95. The first-order valence-electron chi connectivity index (χ1n) is 20.3. The van der Waals surface area contributed by atoms with Crippen molar-refractivity contribution in [2.24, 2.45) is 0 Å². The van der Waals surface area contributed by atoms with Crippen molar-refractivity contribution in [1.82, 2.24) is 0 Å². The molecule has 3 saturated heterocycles. The van der Waals surface area contributed by atoms with E-state index in [1.54, 1.807) is 0 Å². The minimum absolute atomic E-state index is 0.715. The van der Waals surface area contributed by atoms with E-state index in [1.807, 2.05) is 0 Å². The third kappa shape index (κ3) is 17.0. The van der Waals surface area contributed by atoms with E-state index in [0.717, 1.165) is 76.2 Å². The zero-order chi connectivity index (χ0) is 50.4. The maximum Gasteiger partial charge on any atom is 0.303 e. The monoisotopic (exact) mass is 966 g/mol. The zero-order valence-electron chi connectivity index (χ0n) is 38.3. The summed E-state index contributed by atoms with van der Waals surface area (Å²) in [6.07, 6.45) is -27.8. The average molecular weight is 967 g/mol. The van der Waals surface area contributed by atoms with Gasteiger partial charge in [0.15, 0.2) is 67.5 Å². The fourth-order valence-electron chi connectivity index (χ4n) is 7.01. The first-order chi connectivity index (χ1) is 31.3. The first-order valence-corrected chi connectivity index (χ1v) is 20.3. The summed E-state index contributed by atoms with van der Waals surface area (Å²) in [6.45, 7) is 8.55. The van der Waals surface area contributed by atoms with Gasteiger partial charge in [-0.1, -0.05) is 0 Å². The van der Waals surface area contributed by atoms with Crippen LogP contribution in [0.5, 0.6) is 0 Å². The summed E-state index contributed by atoms with van der Waals surface area (Å²) < 4.78 is 90.7. The van der Waals surface area contributed by atoms with Crippen LogP contribution in [-0.2, 0) is 129 Å². The van der Waals surface area contributed by atoms with Crippen molar-refractivity contribution in [3.05, 3.63) is 0 Å². The molecule has 0 aromatic heterocycles. The average Bonchev–Trinajstić information content (AvgIpc) is 3.17. The molecule has 3 heterocycles. The predicted molar refractivity (Wildman–Crippen MR) is 206 cm³/mol. The van der Waals surface area contributed by atoms with Crippen molar-refractivity contribution in [3.63, 3.8) is 0 Å². The summed E-state index contributed by atoms with van der Waals surface area (Å²) in [5.41, 5.74) is 0. The highest BCUT2D eigenvalue weighted by Gasteiger charge is 2.60. The van der Waals surface area contributed by atoms with E-state index in [4.69, 9.17) is 75.8 Å². The minimum atomic E-state index is -2.15. The van der Waals surface area contributed by atoms with Gasteiger partial charge < -0.3 is 75.8 Å². The van der Waals surface area contributed by atoms with E-state index in [0.29, 0.717) is 0 Å². The highest BCUT2D eigenvalue weighted by Crippen LogP contribution is 2.38. The van der Waals surface area contributed by atoms with Crippen LogP contribution >= 0.6 is 0 Å². The van der Waals surface area contributed by atoms with E-state index < -0.39 is 178 Å². The lowest BCUT2D eigenvalue weighted by Gasteiger charge is -2.50. The standard InChI is InChI=1S/C40H54O27/c1-15(41)52-12-26-29(55-18(4)44)32(58-21(7)47)35(61-24(10)50)38(63-26)66-37-34(60-23(9)49)31(57-20(6)46)28(14-54-17(3)43)65-40(37)67-39-36(62-25(11)51)33(59-22(8)48)30(56-19(5)45)27(64-39)13-53-16(2)42/h26-40H,12-14H2,1-11H3/t26-,27-,28-,29+,30-,31-,32+,33+,34+,35-,36-,37-,38+,39-,40-/m1/s1. The van der Waals surface area contributed by atoms with E-state index >= 15 is 0 Å². The molecule has 0 unspecified atom stereocenters. The molecule has 376 valence electrons. The number of ether oxygens (including phenoxy) is 16. The Bertz CT molecular complexity index is 1850. The van der Waals surface area contributed by atoms with Gasteiger partial charge in [-0.25, -0.2) is 0 Å². The Balaban J connectivity index is 2.38. The third-order valence-corrected chi connectivity index (χ3v) is 9.10. The third-order valence-electron chi connectivity index (χ3n) is 9.10. The van der Waals surface area contributed by atoms with E-state index in [2.05, 4.69) is 0 Å². The van der Waals surface area contributed by atoms with Crippen molar-refractivity contribution in [2.45, 2.75) is 168 Å². The number of hydrogen-bond acceptors (Lipinski definition) is 27. The molecular formula is C40H54O27. The van der Waals surface area contributed by atoms with Crippen molar-refractivity contribution in [2.75, 3.05) is 19.8 Å². The number of carbonyl (C=O) groups is 11. The lowest BCUT2D eigenvalue weighted by molar-refractivity contribution is -0.401. The number of hydrogen-bond donors (Lipinski definition) is 0. The van der Waals surface area contributed by atoms with E-state index in [-0.39, 0.29) is 0 Å². The summed E-state index contributed by atoms with van der Waals surface area (Å²) in [4.78, 5) is 137. The maximum atomic E-state index is 12.9. The molecule has 27 nitrogen and oxygen atoms in total. The molecule has 0 aromatic rings. The molecule has 3 aliphatic rings. The number of carbonyl (C=O) groups excluding carboxylic acids is 11. The van der Waals surface area contributed by atoms with Crippen LogP contribution in [0.1, 0.15) is 76.2 Å². The highest BCUT2D eigenvalue weighted by atomic mass is 16.8. The second-order valence-corrected chi connectivity index (χ2v) is 14.9. The molecule has 0 aliphatic carbocycles. The van der Waals surface area contributed by atoms with Gasteiger partial charge in [-0.2, -0.15) is 0 Å². The van der Waals surface area contributed by atoms with Crippen molar-refractivity contribution < 1.29 is 129 Å². The van der Waals surface area contributed by atoms with Crippen LogP contribution in [0.3, 0.4) is 0 Å². The summed E-state index contributed by atoms with van der Waals surface area (Å²) >= 11 is 0. The largest absolute Gasteiger partial charge is 0.463 e. The SMILES string of the molecule is CC(=O)OC[C@H]1O[C@@H](O[C@H]2[C@@H](O[C@H]3O[C@H](COC(C)=O)[C@@H](OC(C)=O)[C@H](OC(C)=O)[C@H]3OC(C)=O)O[C@H](COC(C)=O)[C@@H](OC(C)=O)[C@@H]2OC(C)=O)[C@H](OC(C)=O)[C@@H](OC(C)=O)[C@H]1OC(C)=O. The number of esters is 11. The van der Waals surface area contributed by atoms with Crippen LogP contribution in [0.2, 0.25) is 0 Å². The van der Waals surface area contributed by atoms with Crippen LogP contribution in [0, 0.1) is 0 Å². The molecule has 67 heavy (non-hydrogen) atoms. The minimum Gasteiger partial charge on any atom is -0.463 e. The zero-order valence-corrected chi connectivity index (χ0v) is 38.3. The summed E-state index contributed by atoms with van der Waals surface area (Å²) in [6, 6.07) is 0. The smallest absolute Gasteiger partial charge is 0.303 e. The van der Waals surface area contributed by atoms with Crippen LogP contribution < -0.4 is 0 Å². The van der Waals surface area contributed by atoms with Gasteiger partial charge in [-0.05, 0) is 0 Å². The quantitative estimate of drug-likeness (QED) is 0.114. The highest BCUT2D eigenvalue weighted by molar-refractivity contribution is 5.70. The second-order valence-electron chi connectivity index (χ2n) is 14.9. The van der Waals surface area contributed by atoms with Gasteiger partial charge in [0.2, 0.25) is 6.29 Å². The molecule has 3 fully saturated rings. The fourth-order valence-corrected chi connectivity index (χ4v) is 7.01. The topological polar surface area (TPSA) is 335 Å². The lowest BCUT2D eigenvalue weighted by Crippen LogP contribution is -2.68.